The summed E-state index contributed by atoms with van der Waals surface area (Å²) in [5.74, 6) is 0.249. The van der Waals surface area contributed by atoms with Crippen molar-refractivity contribution in [3.63, 3.8) is 0 Å². The topological polar surface area (TPSA) is 36.9 Å². The minimum Gasteiger partial charge on any atom is -0.316 e. The largest absolute Gasteiger partial charge is 0.316 e. The predicted octanol–water partition coefficient (Wildman–Crippen LogP) is 1.01. The molecule has 18 heavy (non-hydrogen) atoms. The molecule has 1 aliphatic rings. The Bertz CT molecular complexity index is 422. The quantitative estimate of drug-likeness (QED) is 0.832. The second-order valence-corrected chi connectivity index (χ2v) is 6.25. The van der Waals surface area contributed by atoms with E-state index < -0.39 is 0 Å². The number of carbonyl (C=O) groups is 1. The van der Waals surface area contributed by atoms with Gasteiger partial charge >= 0.3 is 0 Å². The molecule has 1 unspecified atom stereocenters. The molecule has 0 aromatic heterocycles. The van der Waals surface area contributed by atoms with Gasteiger partial charge < -0.3 is 5.32 Å². The van der Waals surface area contributed by atoms with E-state index in [1.165, 1.54) is 5.56 Å². The molecule has 1 fully saturated rings. The number of carbonyl (C=O) groups excluding carboxylic acids is 1. The van der Waals surface area contributed by atoms with Gasteiger partial charge in [0.15, 0.2) is 12.2 Å². The zero-order valence-electron chi connectivity index (χ0n) is 11.7. The molecule has 3 nitrogen and oxygen atoms in total. The standard InChI is InChI=1S/C15H22N2O/c1-15(2,3)14-16-12(13(18)17(14)4)10-11-8-6-5-7-9-11/h5-9,12,14,16H,10H2,1-4H3/p+1/t12-,14?/m1/s1. The normalized spacial score (nSPS) is 24.7. The molecule has 0 spiro atoms. The molecule has 1 aromatic rings. The fourth-order valence-electron chi connectivity index (χ4n) is 2.72. The lowest BCUT2D eigenvalue weighted by molar-refractivity contribution is -0.717. The molecule has 1 aliphatic heterocycles. The average Bonchev–Trinajstić information content (AvgIpc) is 2.58. The van der Waals surface area contributed by atoms with Gasteiger partial charge in [-0.25, -0.2) is 0 Å². The number of amides is 1. The SMILES string of the molecule is CN1C(=O)[C@@H](Cc2ccccc2)[NH2+]C1C(C)(C)C. The maximum atomic E-state index is 12.3. The third-order valence-corrected chi connectivity index (χ3v) is 3.68. The van der Waals surface area contributed by atoms with E-state index in [0.717, 1.165) is 6.42 Å². The number of rotatable bonds is 2. The first kappa shape index (κ1) is 13.1. The molecular weight excluding hydrogens is 224 g/mol. The van der Waals surface area contributed by atoms with Gasteiger partial charge in [0, 0.05) is 18.9 Å². The number of hydrogen-bond acceptors (Lipinski definition) is 1. The Morgan fingerprint density at radius 1 is 1.22 bits per heavy atom. The van der Waals surface area contributed by atoms with Crippen molar-refractivity contribution < 1.29 is 10.1 Å². The summed E-state index contributed by atoms with van der Waals surface area (Å²) in [6.07, 6.45) is 1.05. The van der Waals surface area contributed by atoms with Gasteiger partial charge in [0.2, 0.25) is 0 Å². The van der Waals surface area contributed by atoms with Crippen LogP contribution in [0.2, 0.25) is 0 Å². The van der Waals surface area contributed by atoms with Crippen LogP contribution in [-0.2, 0) is 11.2 Å². The van der Waals surface area contributed by atoms with Crippen molar-refractivity contribution in [2.45, 2.75) is 39.4 Å². The molecule has 0 saturated carbocycles. The van der Waals surface area contributed by atoms with Gasteiger partial charge in [0.1, 0.15) is 0 Å². The Balaban J connectivity index is 2.10. The number of likely N-dealkylation sites (N-methyl/N-ethyl adjacent to an activating group) is 1. The first-order valence-corrected chi connectivity index (χ1v) is 6.55. The lowest BCUT2D eigenvalue weighted by Gasteiger charge is -2.28. The second-order valence-electron chi connectivity index (χ2n) is 6.25. The van der Waals surface area contributed by atoms with Crippen LogP contribution in [-0.4, -0.2) is 30.1 Å². The van der Waals surface area contributed by atoms with Crippen molar-refractivity contribution in [2.24, 2.45) is 5.41 Å². The molecule has 1 amide bonds. The van der Waals surface area contributed by atoms with Gasteiger partial charge in [-0.2, -0.15) is 0 Å². The highest BCUT2D eigenvalue weighted by Gasteiger charge is 2.46. The van der Waals surface area contributed by atoms with E-state index >= 15 is 0 Å². The van der Waals surface area contributed by atoms with Crippen molar-refractivity contribution >= 4 is 5.91 Å². The van der Waals surface area contributed by atoms with E-state index in [4.69, 9.17) is 0 Å². The zero-order valence-corrected chi connectivity index (χ0v) is 11.7. The number of quaternary nitrogens is 1. The van der Waals surface area contributed by atoms with Crippen LogP contribution in [0.4, 0.5) is 0 Å². The monoisotopic (exact) mass is 247 g/mol. The summed E-state index contributed by atoms with van der Waals surface area (Å²) in [6.45, 7) is 6.55. The number of nitrogens with zero attached hydrogens (tertiary/aromatic N) is 1. The molecule has 0 radical (unpaired) electrons. The van der Waals surface area contributed by atoms with E-state index in [2.05, 4.69) is 38.2 Å². The van der Waals surface area contributed by atoms with Gasteiger partial charge in [-0.15, -0.1) is 0 Å². The van der Waals surface area contributed by atoms with Crippen LogP contribution in [0, 0.1) is 5.41 Å². The molecule has 2 N–H and O–H groups in total. The molecule has 0 aliphatic carbocycles. The van der Waals surface area contributed by atoms with Crippen LogP contribution in [0.25, 0.3) is 0 Å². The highest BCUT2D eigenvalue weighted by atomic mass is 16.2. The first-order chi connectivity index (χ1) is 8.39. The van der Waals surface area contributed by atoms with E-state index in [1.807, 2.05) is 30.1 Å². The van der Waals surface area contributed by atoms with Crippen molar-refractivity contribution in [3.8, 4) is 0 Å². The van der Waals surface area contributed by atoms with Crippen molar-refractivity contribution in [1.82, 2.24) is 4.90 Å². The summed E-state index contributed by atoms with van der Waals surface area (Å²) in [5, 5.41) is 2.22. The predicted molar refractivity (Wildman–Crippen MR) is 71.9 cm³/mol. The third kappa shape index (κ3) is 2.56. The third-order valence-electron chi connectivity index (χ3n) is 3.68. The highest BCUT2D eigenvalue weighted by Crippen LogP contribution is 2.22. The summed E-state index contributed by atoms with van der Waals surface area (Å²) in [5.41, 5.74) is 1.34. The van der Waals surface area contributed by atoms with Crippen molar-refractivity contribution in [2.75, 3.05) is 7.05 Å². The number of nitrogens with two attached hydrogens (primary N) is 1. The summed E-state index contributed by atoms with van der Waals surface area (Å²) < 4.78 is 0. The highest BCUT2D eigenvalue weighted by molar-refractivity contribution is 5.82. The van der Waals surface area contributed by atoms with Gasteiger partial charge in [0.05, 0.1) is 0 Å². The van der Waals surface area contributed by atoms with Gasteiger partial charge in [-0.1, -0.05) is 51.1 Å². The molecule has 1 aromatic carbocycles. The van der Waals surface area contributed by atoms with Crippen LogP contribution < -0.4 is 5.32 Å². The smallest absolute Gasteiger partial charge is 0.285 e. The lowest BCUT2D eigenvalue weighted by atomic mass is 9.92. The summed E-state index contributed by atoms with van der Waals surface area (Å²) >= 11 is 0. The number of hydrogen-bond donors (Lipinski definition) is 1. The van der Waals surface area contributed by atoms with Gasteiger partial charge in [-0.3, -0.25) is 9.69 Å². The van der Waals surface area contributed by atoms with Crippen LogP contribution in [0.5, 0.6) is 0 Å². The molecule has 98 valence electrons. The average molecular weight is 247 g/mol. The summed E-state index contributed by atoms with van der Waals surface area (Å²) in [7, 11) is 1.92. The number of benzene rings is 1. The Kier molecular flexibility index (Phi) is 3.44. The zero-order chi connectivity index (χ0) is 13.3. The summed E-state index contributed by atoms with van der Waals surface area (Å²) in [4.78, 5) is 14.2. The molecular formula is C15H23N2O+. The molecule has 3 heteroatoms. The lowest BCUT2D eigenvalue weighted by Crippen LogP contribution is -2.95. The fraction of sp³-hybridized carbons (Fsp3) is 0.533. The second kappa shape index (κ2) is 4.73. The fourth-order valence-corrected chi connectivity index (χ4v) is 2.72. The van der Waals surface area contributed by atoms with Crippen LogP contribution in [0.15, 0.2) is 30.3 Å². The minimum atomic E-state index is 0.0293. The Morgan fingerprint density at radius 3 is 2.33 bits per heavy atom. The first-order valence-electron chi connectivity index (χ1n) is 6.55. The Hall–Kier alpha value is -1.35. The molecule has 2 atom stereocenters. The maximum Gasteiger partial charge on any atom is 0.285 e. The van der Waals surface area contributed by atoms with Crippen molar-refractivity contribution in [1.29, 1.82) is 0 Å². The van der Waals surface area contributed by atoms with Gasteiger partial charge in [-0.05, 0) is 5.56 Å². The summed E-state index contributed by atoms with van der Waals surface area (Å²) in [6, 6.07) is 10.3. The molecule has 1 heterocycles. The van der Waals surface area contributed by atoms with Crippen molar-refractivity contribution in [3.05, 3.63) is 35.9 Å². The van der Waals surface area contributed by atoms with Gasteiger partial charge in [0.25, 0.3) is 5.91 Å². The van der Waals surface area contributed by atoms with E-state index in [9.17, 15) is 4.79 Å². The maximum absolute atomic E-state index is 12.3. The van der Waals surface area contributed by atoms with Crippen LogP contribution in [0.1, 0.15) is 26.3 Å². The Morgan fingerprint density at radius 2 is 1.83 bits per heavy atom. The minimum absolute atomic E-state index is 0.0293. The molecule has 0 bridgehead atoms. The molecule has 1 saturated heterocycles. The van der Waals surface area contributed by atoms with E-state index in [-0.39, 0.29) is 23.5 Å². The Labute approximate surface area is 109 Å². The van der Waals surface area contributed by atoms with E-state index in [0.29, 0.717) is 0 Å². The van der Waals surface area contributed by atoms with E-state index in [1.54, 1.807) is 0 Å². The van der Waals surface area contributed by atoms with Crippen LogP contribution in [0.3, 0.4) is 0 Å². The molecule has 2 rings (SSSR count). The van der Waals surface area contributed by atoms with Crippen LogP contribution >= 0.6 is 0 Å².